The second-order valence-electron chi connectivity index (χ2n) is 2.70. The van der Waals surface area contributed by atoms with E-state index < -0.39 is 11.8 Å². The van der Waals surface area contributed by atoms with Gasteiger partial charge in [0, 0.05) is 4.70 Å². The zero-order valence-electron chi connectivity index (χ0n) is 6.82. The van der Waals surface area contributed by atoms with Crippen molar-refractivity contribution < 1.29 is 19.4 Å². The lowest BCUT2D eigenvalue weighted by molar-refractivity contribution is 0.0698. The minimum atomic E-state index is -1.32. The summed E-state index contributed by atoms with van der Waals surface area (Å²) >= 11 is 0.812. The number of carboxylic acid groups (broad SMARTS) is 1. The van der Waals surface area contributed by atoms with Gasteiger partial charge in [0.25, 0.3) is 0 Å². The summed E-state index contributed by atoms with van der Waals surface area (Å²) in [7, 11) is 0. The third-order valence-corrected chi connectivity index (χ3v) is 2.95. The number of carbonyl (C=O) groups is 1. The topological polar surface area (TPSA) is 57.5 Å². The van der Waals surface area contributed by atoms with E-state index >= 15 is 0 Å². The first-order valence-corrected chi connectivity index (χ1v) is 4.56. The maximum atomic E-state index is 13.4. The number of thiophene rings is 1. The monoisotopic (exact) mass is 212 g/mol. The summed E-state index contributed by atoms with van der Waals surface area (Å²) in [5, 5.41) is 17.9. The van der Waals surface area contributed by atoms with Gasteiger partial charge in [-0.1, -0.05) is 6.07 Å². The van der Waals surface area contributed by atoms with Gasteiger partial charge in [0.2, 0.25) is 0 Å². The molecule has 14 heavy (non-hydrogen) atoms. The predicted molar refractivity (Wildman–Crippen MR) is 50.4 cm³/mol. The summed E-state index contributed by atoms with van der Waals surface area (Å²) in [6, 6.07) is 4.43. The van der Waals surface area contributed by atoms with Crippen LogP contribution in [0.4, 0.5) is 4.39 Å². The number of carboxylic acids is 1. The molecule has 2 aromatic rings. The van der Waals surface area contributed by atoms with Crippen molar-refractivity contribution in [3.05, 3.63) is 28.9 Å². The molecule has 0 spiro atoms. The number of aromatic carboxylic acids is 1. The van der Waals surface area contributed by atoms with Crippen LogP contribution in [0.25, 0.3) is 10.1 Å². The van der Waals surface area contributed by atoms with E-state index in [0.29, 0.717) is 4.70 Å². The van der Waals surface area contributed by atoms with Crippen molar-refractivity contribution in [2.75, 3.05) is 0 Å². The maximum absolute atomic E-state index is 13.4. The van der Waals surface area contributed by atoms with E-state index in [-0.39, 0.29) is 16.0 Å². The normalized spacial score (nSPS) is 10.6. The van der Waals surface area contributed by atoms with Gasteiger partial charge in [-0.05, 0) is 12.1 Å². The summed E-state index contributed by atoms with van der Waals surface area (Å²) in [5.41, 5.74) is 0. The minimum absolute atomic E-state index is 0.0186. The van der Waals surface area contributed by atoms with Gasteiger partial charge < -0.3 is 10.2 Å². The van der Waals surface area contributed by atoms with Crippen molar-refractivity contribution in [1.29, 1.82) is 0 Å². The van der Waals surface area contributed by atoms with Gasteiger partial charge in [0.1, 0.15) is 10.6 Å². The van der Waals surface area contributed by atoms with Gasteiger partial charge in [0.05, 0.1) is 5.39 Å². The summed E-state index contributed by atoms with van der Waals surface area (Å²) < 4.78 is 13.8. The van der Waals surface area contributed by atoms with Crippen LogP contribution >= 0.6 is 11.3 Å². The fourth-order valence-electron chi connectivity index (χ4n) is 1.23. The first kappa shape index (κ1) is 8.96. The minimum Gasteiger partial charge on any atom is -0.507 e. The van der Waals surface area contributed by atoms with Crippen LogP contribution in [0.1, 0.15) is 9.67 Å². The Kier molecular flexibility index (Phi) is 1.89. The molecule has 0 fully saturated rings. The smallest absolute Gasteiger partial charge is 0.348 e. The molecule has 2 N–H and O–H groups in total. The van der Waals surface area contributed by atoms with Crippen LogP contribution in [-0.4, -0.2) is 16.2 Å². The average Bonchev–Trinajstić information content (AvgIpc) is 2.45. The second-order valence-corrected chi connectivity index (χ2v) is 3.75. The van der Waals surface area contributed by atoms with Crippen molar-refractivity contribution in [2.45, 2.75) is 0 Å². The van der Waals surface area contributed by atoms with Crippen molar-refractivity contribution in [3.8, 4) is 5.75 Å². The van der Waals surface area contributed by atoms with E-state index in [0.717, 1.165) is 11.3 Å². The van der Waals surface area contributed by atoms with Crippen LogP contribution in [0.2, 0.25) is 0 Å². The molecule has 1 heterocycles. The molecule has 0 unspecified atom stereocenters. The fraction of sp³-hybridized carbons (Fsp3) is 0. The van der Waals surface area contributed by atoms with Gasteiger partial charge in [-0.3, -0.25) is 0 Å². The molecule has 5 heteroatoms. The van der Waals surface area contributed by atoms with E-state index in [1.807, 2.05) is 0 Å². The van der Waals surface area contributed by atoms with Crippen molar-refractivity contribution >= 4 is 27.4 Å². The molecule has 0 aliphatic carbocycles. The third-order valence-electron chi connectivity index (χ3n) is 1.83. The molecule has 2 rings (SSSR count). The van der Waals surface area contributed by atoms with Crippen LogP contribution in [0.3, 0.4) is 0 Å². The third kappa shape index (κ3) is 1.13. The highest BCUT2D eigenvalue weighted by Crippen LogP contribution is 2.35. The molecule has 0 atom stereocenters. The summed E-state index contributed by atoms with van der Waals surface area (Å²) in [4.78, 5) is 10.2. The largest absolute Gasteiger partial charge is 0.507 e. The number of hydrogen-bond donors (Lipinski definition) is 2. The van der Waals surface area contributed by atoms with E-state index in [4.69, 9.17) is 5.11 Å². The van der Waals surface area contributed by atoms with Crippen molar-refractivity contribution in [3.63, 3.8) is 0 Å². The number of phenolic OH excluding ortho intramolecular Hbond substituents is 1. The Balaban J connectivity index is 2.87. The molecule has 0 amide bonds. The van der Waals surface area contributed by atoms with E-state index in [1.165, 1.54) is 6.07 Å². The van der Waals surface area contributed by atoms with Crippen LogP contribution in [0.5, 0.6) is 5.75 Å². The molecule has 1 aromatic carbocycles. The van der Waals surface area contributed by atoms with Crippen LogP contribution in [-0.2, 0) is 0 Å². The maximum Gasteiger partial charge on any atom is 0.348 e. The van der Waals surface area contributed by atoms with Gasteiger partial charge in [-0.15, -0.1) is 11.3 Å². The van der Waals surface area contributed by atoms with E-state index in [2.05, 4.69) is 0 Å². The average molecular weight is 212 g/mol. The van der Waals surface area contributed by atoms with Gasteiger partial charge in [-0.25, -0.2) is 9.18 Å². The molecule has 3 nitrogen and oxygen atoms in total. The Bertz CT molecular complexity index is 518. The summed E-state index contributed by atoms with van der Waals surface area (Å²) in [5.74, 6) is -2.41. The first-order valence-electron chi connectivity index (χ1n) is 3.74. The van der Waals surface area contributed by atoms with Crippen molar-refractivity contribution in [2.24, 2.45) is 0 Å². The summed E-state index contributed by atoms with van der Waals surface area (Å²) in [6.07, 6.45) is 0. The molecule has 0 saturated heterocycles. The molecule has 0 bridgehead atoms. The zero-order chi connectivity index (χ0) is 10.3. The molecule has 0 aliphatic heterocycles. The number of fused-ring (bicyclic) bond motifs is 1. The number of phenols is 1. The van der Waals surface area contributed by atoms with Crippen LogP contribution in [0, 0.1) is 5.82 Å². The van der Waals surface area contributed by atoms with Crippen LogP contribution in [0.15, 0.2) is 18.2 Å². The van der Waals surface area contributed by atoms with Gasteiger partial charge in [0.15, 0.2) is 5.82 Å². The lowest BCUT2D eigenvalue weighted by atomic mass is 10.2. The van der Waals surface area contributed by atoms with E-state index in [9.17, 15) is 14.3 Å². The predicted octanol–water partition coefficient (Wildman–Crippen LogP) is 2.44. The van der Waals surface area contributed by atoms with Crippen LogP contribution < -0.4 is 0 Å². The summed E-state index contributed by atoms with van der Waals surface area (Å²) in [6.45, 7) is 0. The molecular weight excluding hydrogens is 207 g/mol. The Labute approximate surface area is 82.0 Å². The molecule has 0 aliphatic rings. The molecule has 72 valence electrons. The second kappa shape index (κ2) is 2.95. The lowest BCUT2D eigenvalue weighted by Crippen LogP contribution is -1.94. The van der Waals surface area contributed by atoms with E-state index in [1.54, 1.807) is 12.1 Å². The highest BCUT2D eigenvalue weighted by Gasteiger charge is 2.19. The van der Waals surface area contributed by atoms with Gasteiger partial charge in [-0.2, -0.15) is 0 Å². The number of hydrogen-bond acceptors (Lipinski definition) is 3. The zero-order valence-corrected chi connectivity index (χ0v) is 7.64. The molecule has 1 aromatic heterocycles. The number of benzene rings is 1. The highest BCUT2D eigenvalue weighted by molar-refractivity contribution is 7.20. The molecule has 0 radical (unpaired) electrons. The Hall–Kier alpha value is -1.62. The Morgan fingerprint density at radius 3 is 2.71 bits per heavy atom. The number of aromatic hydroxyl groups is 1. The standard InChI is InChI=1S/C9H5FO3S/c10-7-6-4(11)2-1-3-5(6)14-8(7)9(12)13/h1-3,11H,(H,12,13). The highest BCUT2D eigenvalue weighted by atomic mass is 32.1. The van der Waals surface area contributed by atoms with Crippen molar-refractivity contribution in [1.82, 2.24) is 0 Å². The van der Waals surface area contributed by atoms with Gasteiger partial charge >= 0.3 is 5.97 Å². The molecular formula is C9H5FO3S. The number of halogens is 1. The number of rotatable bonds is 1. The Morgan fingerprint density at radius 1 is 1.43 bits per heavy atom. The lowest BCUT2D eigenvalue weighted by Gasteiger charge is -1.92. The SMILES string of the molecule is O=C(O)c1sc2cccc(O)c2c1F. The molecule has 0 saturated carbocycles. The first-order chi connectivity index (χ1) is 6.61. The Morgan fingerprint density at radius 2 is 2.14 bits per heavy atom. The quantitative estimate of drug-likeness (QED) is 0.763. The fourth-order valence-corrected chi connectivity index (χ4v) is 2.17.